The van der Waals surface area contributed by atoms with Crippen LogP contribution in [0.5, 0.6) is 0 Å². The molecule has 0 aromatic carbocycles. The average molecular weight is 198 g/mol. The maximum absolute atomic E-state index is 5.25. The minimum absolute atomic E-state index is 0. The Balaban J connectivity index is 0.000000653. The van der Waals surface area contributed by atoms with E-state index in [2.05, 4.69) is 10.1 Å². The molecule has 0 amide bonds. The number of nitrogens with zero attached hydrogens (tertiary/aromatic N) is 3. The van der Waals surface area contributed by atoms with Gasteiger partial charge in [-0.15, -0.1) is 12.4 Å². The predicted octanol–water partition coefficient (Wildman–Crippen LogP) is 1.18. The van der Waals surface area contributed by atoms with Gasteiger partial charge in [0.05, 0.1) is 25.1 Å². The maximum atomic E-state index is 5.25. The van der Waals surface area contributed by atoms with Crippen molar-refractivity contribution in [3.8, 4) is 0 Å². The highest BCUT2D eigenvalue weighted by Gasteiger charge is 2.13. The highest BCUT2D eigenvalue weighted by atomic mass is 35.5. The van der Waals surface area contributed by atoms with E-state index in [4.69, 9.17) is 4.74 Å². The molecule has 2 aromatic rings. The smallest absolute Gasteiger partial charge is 0.155 e. The Morgan fingerprint density at radius 2 is 2.31 bits per heavy atom. The molecular formula is C8H8ClN3O. The third-order valence-electron chi connectivity index (χ3n) is 2.04. The van der Waals surface area contributed by atoms with Gasteiger partial charge in [0, 0.05) is 17.8 Å². The van der Waals surface area contributed by atoms with Gasteiger partial charge in [-0.25, -0.2) is 9.50 Å². The summed E-state index contributed by atoms with van der Waals surface area (Å²) in [5, 5.41) is 4.09. The van der Waals surface area contributed by atoms with E-state index in [0.29, 0.717) is 13.2 Å². The number of ether oxygens (including phenoxy) is 1. The van der Waals surface area contributed by atoms with Crippen molar-refractivity contribution in [2.24, 2.45) is 0 Å². The largest absolute Gasteiger partial charge is 0.370 e. The highest BCUT2D eigenvalue weighted by molar-refractivity contribution is 5.85. The summed E-state index contributed by atoms with van der Waals surface area (Å²) in [7, 11) is 0. The van der Waals surface area contributed by atoms with Crippen molar-refractivity contribution < 1.29 is 4.74 Å². The van der Waals surface area contributed by atoms with E-state index in [1.165, 1.54) is 0 Å². The number of aromatic nitrogens is 3. The van der Waals surface area contributed by atoms with Crippen LogP contribution in [0.3, 0.4) is 0 Å². The SMILES string of the molecule is Cl.c1cc2nc3c(cn2n1)COC3. The zero-order valence-corrected chi connectivity index (χ0v) is 7.62. The Hall–Kier alpha value is -1.13. The van der Waals surface area contributed by atoms with Crippen molar-refractivity contribution in [1.82, 2.24) is 14.6 Å². The van der Waals surface area contributed by atoms with E-state index >= 15 is 0 Å². The molecule has 3 heterocycles. The second kappa shape index (κ2) is 2.97. The summed E-state index contributed by atoms with van der Waals surface area (Å²) >= 11 is 0. The van der Waals surface area contributed by atoms with Gasteiger partial charge in [0.1, 0.15) is 0 Å². The third kappa shape index (κ3) is 1.18. The molecule has 0 fully saturated rings. The molecule has 0 N–H and O–H groups in total. The maximum Gasteiger partial charge on any atom is 0.155 e. The summed E-state index contributed by atoms with van der Waals surface area (Å²) in [6, 6.07) is 1.89. The van der Waals surface area contributed by atoms with Crippen LogP contribution in [0.2, 0.25) is 0 Å². The molecule has 4 nitrogen and oxygen atoms in total. The van der Waals surface area contributed by atoms with Gasteiger partial charge in [-0.3, -0.25) is 0 Å². The zero-order valence-electron chi connectivity index (χ0n) is 6.80. The lowest BCUT2D eigenvalue weighted by Gasteiger charge is -1.96. The minimum Gasteiger partial charge on any atom is -0.370 e. The van der Waals surface area contributed by atoms with Crippen LogP contribution < -0.4 is 0 Å². The first-order valence-corrected chi connectivity index (χ1v) is 3.83. The van der Waals surface area contributed by atoms with Crippen molar-refractivity contribution in [3.63, 3.8) is 0 Å². The lowest BCUT2D eigenvalue weighted by molar-refractivity contribution is 0.133. The normalized spacial score (nSPS) is 14.2. The van der Waals surface area contributed by atoms with Gasteiger partial charge in [-0.05, 0) is 0 Å². The monoisotopic (exact) mass is 197 g/mol. The van der Waals surface area contributed by atoms with E-state index in [-0.39, 0.29) is 12.4 Å². The molecule has 0 aliphatic carbocycles. The lowest BCUT2D eigenvalue weighted by Crippen LogP contribution is -1.95. The van der Waals surface area contributed by atoms with E-state index < -0.39 is 0 Å². The van der Waals surface area contributed by atoms with E-state index in [0.717, 1.165) is 16.9 Å². The van der Waals surface area contributed by atoms with E-state index in [1.807, 2.05) is 12.3 Å². The summed E-state index contributed by atoms with van der Waals surface area (Å²) < 4.78 is 7.02. The van der Waals surface area contributed by atoms with Crippen LogP contribution >= 0.6 is 12.4 Å². The first kappa shape index (κ1) is 8.47. The van der Waals surface area contributed by atoms with Gasteiger partial charge in [-0.2, -0.15) is 5.10 Å². The van der Waals surface area contributed by atoms with Crippen molar-refractivity contribution in [3.05, 3.63) is 29.7 Å². The fourth-order valence-electron chi connectivity index (χ4n) is 1.43. The first-order chi connectivity index (χ1) is 5.93. The Morgan fingerprint density at radius 1 is 1.38 bits per heavy atom. The van der Waals surface area contributed by atoms with Crippen LogP contribution in [0.1, 0.15) is 11.3 Å². The standard InChI is InChI=1S/C8H7N3O.ClH/c1-2-9-11-3-6-4-12-5-7(6)10-8(1)11;/h1-3H,4-5H2;1H. The molecule has 0 atom stereocenters. The second-order valence-electron chi connectivity index (χ2n) is 2.84. The third-order valence-corrected chi connectivity index (χ3v) is 2.04. The van der Waals surface area contributed by atoms with Gasteiger partial charge < -0.3 is 4.74 Å². The van der Waals surface area contributed by atoms with Gasteiger partial charge in [-0.1, -0.05) is 0 Å². The Kier molecular flexibility index (Phi) is 1.94. The van der Waals surface area contributed by atoms with Gasteiger partial charge >= 0.3 is 0 Å². The molecule has 0 saturated heterocycles. The fourth-order valence-corrected chi connectivity index (χ4v) is 1.43. The zero-order chi connectivity index (χ0) is 7.97. The fraction of sp³-hybridized carbons (Fsp3) is 0.250. The molecule has 0 radical (unpaired) electrons. The molecule has 1 aliphatic heterocycles. The van der Waals surface area contributed by atoms with Crippen molar-refractivity contribution in [1.29, 1.82) is 0 Å². The molecule has 3 rings (SSSR count). The van der Waals surface area contributed by atoms with Crippen LogP contribution in [0, 0.1) is 0 Å². The first-order valence-electron chi connectivity index (χ1n) is 3.83. The van der Waals surface area contributed by atoms with Crippen LogP contribution in [0.15, 0.2) is 18.5 Å². The molecule has 68 valence electrons. The number of hydrogen-bond donors (Lipinski definition) is 0. The van der Waals surface area contributed by atoms with Crippen LogP contribution in [0.25, 0.3) is 5.65 Å². The van der Waals surface area contributed by atoms with Crippen molar-refractivity contribution in [2.45, 2.75) is 13.2 Å². The van der Waals surface area contributed by atoms with Crippen molar-refractivity contribution >= 4 is 18.1 Å². The summed E-state index contributed by atoms with van der Waals surface area (Å²) in [6.07, 6.45) is 3.73. The number of halogens is 1. The van der Waals surface area contributed by atoms with Gasteiger partial charge in [0.15, 0.2) is 5.65 Å². The minimum atomic E-state index is 0. The Labute approximate surface area is 80.9 Å². The molecule has 0 spiro atoms. The number of rotatable bonds is 0. The number of hydrogen-bond acceptors (Lipinski definition) is 3. The molecule has 0 saturated carbocycles. The van der Waals surface area contributed by atoms with Crippen LogP contribution in [0.4, 0.5) is 0 Å². The molecule has 13 heavy (non-hydrogen) atoms. The molecule has 2 aromatic heterocycles. The van der Waals surface area contributed by atoms with Crippen LogP contribution in [-0.4, -0.2) is 14.6 Å². The quantitative estimate of drug-likeness (QED) is 0.637. The molecule has 0 unspecified atom stereocenters. The van der Waals surface area contributed by atoms with E-state index in [1.54, 1.807) is 10.7 Å². The van der Waals surface area contributed by atoms with Gasteiger partial charge in [0.2, 0.25) is 0 Å². The summed E-state index contributed by atoms with van der Waals surface area (Å²) in [4.78, 5) is 4.39. The number of fused-ring (bicyclic) bond motifs is 2. The summed E-state index contributed by atoms with van der Waals surface area (Å²) in [6.45, 7) is 1.30. The molecule has 5 heteroatoms. The average Bonchev–Trinajstić information content (AvgIpc) is 2.64. The Morgan fingerprint density at radius 3 is 3.23 bits per heavy atom. The van der Waals surface area contributed by atoms with Gasteiger partial charge in [0.25, 0.3) is 0 Å². The van der Waals surface area contributed by atoms with Crippen molar-refractivity contribution in [2.75, 3.05) is 0 Å². The predicted molar refractivity (Wildman–Crippen MR) is 48.7 cm³/mol. The lowest BCUT2D eigenvalue weighted by atomic mass is 10.3. The van der Waals surface area contributed by atoms with E-state index in [9.17, 15) is 0 Å². The molecular weight excluding hydrogens is 190 g/mol. The molecule has 0 bridgehead atoms. The molecule has 1 aliphatic rings. The summed E-state index contributed by atoms with van der Waals surface area (Å²) in [5.41, 5.74) is 3.08. The summed E-state index contributed by atoms with van der Waals surface area (Å²) in [5.74, 6) is 0. The highest BCUT2D eigenvalue weighted by Crippen LogP contribution is 2.17. The Bertz CT molecular complexity index is 402. The second-order valence-corrected chi connectivity index (χ2v) is 2.84. The van der Waals surface area contributed by atoms with Crippen LogP contribution in [-0.2, 0) is 18.0 Å². The topological polar surface area (TPSA) is 39.4 Å².